The van der Waals surface area contributed by atoms with Crippen LogP contribution >= 0.6 is 0 Å². The summed E-state index contributed by atoms with van der Waals surface area (Å²) in [5.41, 5.74) is 0.490. The van der Waals surface area contributed by atoms with Gasteiger partial charge in [-0.05, 0) is 67.6 Å². The van der Waals surface area contributed by atoms with Crippen molar-refractivity contribution in [3.8, 4) is 0 Å². The van der Waals surface area contributed by atoms with E-state index < -0.39 is 5.60 Å². The number of fused-ring (bicyclic) bond motifs is 2. The maximum Gasteiger partial charge on any atom is 0.181 e. The van der Waals surface area contributed by atoms with Gasteiger partial charge in [0, 0.05) is 6.42 Å². The average Bonchev–Trinajstić information content (AvgIpc) is 3.28. The maximum atomic E-state index is 12.4. The molecule has 0 amide bonds. The minimum Gasteiger partial charge on any atom is -0.354 e. The molecule has 3 rings (SSSR count). The quantitative estimate of drug-likeness (QED) is 0.637. The fraction of sp³-hybridized carbons (Fsp3) is 0.700. The summed E-state index contributed by atoms with van der Waals surface area (Å²) in [5.74, 6) is 1.70. The highest BCUT2D eigenvalue weighted by molar-refractivity contribution is 6.03. The predicted molar refractivity (Wildman–Crippen MR) is 90.0 cm³/mol. The van der Waals surface area contributed by atoms with Crippen molar-refractivity contribution in [3.63, 3.8) is 0 Å². The van der Waals surface area contributed by atoms with Gasteiger partial charge in [0.2, 0.25) is 0 Å². The van der Waals surface area contributed by atoms with Crippen molar-refractivity contribution in [1.82, 2.24) is 0 Å². The molecule has 3 heteroatoms. The first-order valence-electron chi connectivity index (χ1n) is 8.77. The Morgan fingerprint density at radius 3 is 2.57 bits per heavy atom. The Balaban J connectivity index is 1.83. The van der Waals surface area contributed by atoms with Crippen LogP contribution in [-0.4, -0.2) is 23.3 Å². The second-order valence-corrected chi connectivity index (χ2v) is 8.54. The molecule has 1 saturated heterocycles. The zero-order valence-corrected chi connectivity index (χ0v) is 14.9. The van der Waals surface area contributed by atoms with E-state index in [1.807, 2.05) is 13.8 Å². The van der Waals surface area contributed by atoms with Crippen LogP contribution in [0.2, 0.25) is 0 Å². The summed E-state index contributed by atoms with van der Waals surface area (Å²) < 4.78 is 5.58. The summed E-state index contributed by atoms with van der Waals surface area (Å²) in [6, 6.07) is 0. The van der Waals surface area contributed by atoms with Crippen LogP contribution in [0.4, 0.5) is 0 Å². The Kier molecular flexibility index (Phi) is 3.91. The molecule has 0 N–H and O–H groups in total. The van der Waals surface area contributed by atoms with Gasteiger partial charge in [-0.15, -0.1) is 0 Å². The summed E-state index contributed by atoms with van der Waals surface area (Å²) in [7, 11) is 0. The minimum absolute atomic E-state index is 0.0276. The number of epoxide rings is 1. The van der Waals surface area contributed by atoms with E-state index >= 15 is 0 Å². The van der Waals surface area contributed by atoms with Crippen molar-refractivity contribution < 1.29 is 14.3 Å². The Labute approximate surface area is 139 Å². The molecule has 1 heterocycles. The number of carbonyl (C=O) groups is 2. The first-order valence-corrected chi connectivity index (χ1v) is 8.77. The Morgan fingerprint density at radius 1 is 1.17 bits per heavy atom. The number of ketones is 2. The van der Waals surface area contributed by atoms with E-state index in [1.165, 1.54) is 0 Å². The van der Waals surface area contributed by atoms with Crippen molar-refractivity contribution in [2.75, 3.05) is 0 Å². The van der Waals surface area contributed by atoms with Gasteiger partial charge in [-0.1, -0.05) is 26.8 Å². The zero-order chi connectivity index (χ0) is 17.0. The van der Waals surface area contributed by atoms with Gasteiger partial charge < -0.3 is 4.74 Å². The standard InChI is InChI=1S/C20H28O3/c1-12-6-7-14-15(19(14,3)4)11-13(2)16(21)8-9-20(5)18(23-20)17(22)10-12/h8-9,11-12,14-15,18H,6-7,10H2,1-5H3/b9-8+,13-11-/t12-,14-,15+,18-,20+/m0/s1. The van der Waals surface area contributed by atoms with Crippen LogP contribution in [0.1, 0.15) is 53.9 Å². The lowest BCUT2D eigenvalue weighted by Gasteiger charge is -2.11. The van der Waals surface area contributed by atoms with Crippen LogP contribution in [0.15, 0.2) is 23.8 Å². The molecule has 0 unspecified atom stereocenters. The summed E-state index contributed by atoms with van der Waals surface area (Å²) in [6.07, 6.45) is 7.91. The number of hydrogen-bond donors (Lipinski definition) is 0. The monoisotopic (exact) mass is 316 g/mol. The summed E-state index contributed by atoms with van der Waals surface area (Å²) in [5, 5.41) is 0. The fourth-order valence-corrected chi connectivity index (χ4v) is 4.14. The number of allylic oxidation sites excluding steroid dienone is 3. The van der Waals surface area contributed by atoms with Crippen LogP contribution in [0.25, 0.3) is 0 Å². The molecule has 126 valence electrons. The zero-order valence-electron chi connectivity index (χ0n) is 14.9. The summed E-state index contributed by atoms with van der Waals surface area (Å²) in [6.45, 7) is 10.5. The Hall–Kier alpha value is -1.22. The highest BCUT2D eigenvalue weighted by Gasteiger charge is 2.56. The predicted octanol–water partition coefficient (Wildman–Crippen LogP) is 3.88. The van der Waals surface area contributed by atoms with E-state index in [0.29, 0.717) is 24.2 Å². The molecule has 0 aromatic carbocycles. The lowest BCUT2D eigenvalue weighted by molar-refractivity contribution is -0.121. The van der Waals surface area contributed by atoms with Crippen LogP contribution in [0.3, 0.4) is 0 Å². The molecule has 1 aliphatic heterocycles. The topological polar surface area (TPSA) is 46.7 Å². The fourth-order valence-electron chi connectivity index (χ4n) is 4.14. The average molecular weight is 316 g/mol. The molecule has 23 heavy (non-hydrogen) atoms. The maximum absolute atomic E-state index is 12.4. The van der Waals surface area contributed by atoms with E-state index in [1.54, 1.807) is 12.2 Å². The minimum atomic E-state index is -0.585. The molecule has 0 aromatic rings. The number of Topliss-reactive ketones (excluding diaryl/α,β-unsaturated/α-hetero) is 1. The second-order valence-electron chi connectivity index (χ2n) is 8.54. The van der Waals surface area contributed by atoms with Gasteiger partial charge in [-0.3, -0.25) is 9.59 Å². The van der Waals surface area contributed by atoms with Crippen molar-refractivity contribution in [3.05, 3.63) is 23.8 Å². The van der Waals surface area contributed by atoms with Crippen molar-refractivity contribution in [2.24, 2.45) is 23.2 Å². The number of hydrogen-bond acceptors (Lipinski definition) is 3. The van der Waals surface area contributed by atoms with Crippen molar-refractivity contribution >= 4 is 11.6 Å². The molecule has 3 aliphatic rings. The van der Waals surface area contributed by atoms with Crippen LogP contribution in [0, 0.1) is 23.2 Å². The number of ether oxygens (including phenoxy) is 1. The highest BCUT2D eigenvalue weighted by Crippen LogP contribution is 2.61. The first kappa shape index (κ1) is 16.6. The van der Waals surface area contributed by atoms with E-state index in [4.69, 9.17) is 4.74 Å². The Bertz CT molecular complexity index is 598. The molecule has 5 atom stereocenters. The van der Waals surface area contributed by atoms with Gasteiger partial charge in [0.1, 0.15) is 11.7 Å². The van der Waals surface area contributed by atoms with Gasteiger partial charge in [0.25, 0.3) is 0 Å². The molecule has 0 bridgehead atoms. The van der Waals surface area contributed by atoms with Gasteiger partial charge in [-0.2, -0.15) is 0 Å². The molecule has 1 saturated carbocycles. The van der Waals surface area contributed by atoms with E-state index in [2.05, 4.69) is 26.8 Å². The van der Waals surface area contributed by atoms with Crippen molar-refractivity contribution in [2.45, 2.75) is 65.6 Å². The summed E-state index contributed by atoms with van der Waals surface area (Å²) >= 11 is 0. The molecule has 0 aromatic heterocycles. The van der Waals surface area contributed by atoms with Crippen molar-refractivity contribution in [1.29, 1.82) is 0 Å². The molecule has 3 nitrogen and oxygen atoms in total. The third kappa shape index (κ3) is 3.08. The molecular weight excluding hydrogens is 288 g/mol. The Morgan fingerprint density at radius 2 is 1.87 bits per heavy atom. The third-order valence-corrected chi connectivity index (χ3v) is 6.17. The molecule has 0 spiro atoms. The van der Waals surface area contributed by atoms with Gasteiger partial charge >= 0.3 is 0 Å². The van der Waals surface area contributed by atoms with E-state index in [9.17, 15) is 9.59 Å². The largest absolute Gasteiger partial charge is 0.354 e. The molecule has 2 aliphatic carbocycles. The van der Waals surface area contributed by atoms with Gasteiger partial charge in [0.05, 0.1) is 0 Å². The van der Waals surface area contributed by atoms with Crippen LogP contribution < -0.4 is 0 Å². The first-order chi connectivity index (χ1) is 10.6. The molecule has 0 radical (unpaired) electrons. The lowest BCUT2D eigenvalue weighted by atomic mass is 9.92. The summed E-state index contributed by atoms with van der Waals surface area (Å²) in [4.78, 5) is 24.7. The molecular formula is C20H28O3. The van der Waals surface area contributed by atoms with E-state index in [-0.39, 0.29) is 23.1 Å². The number of carbonyl (C=O) groups excluding carboxylic acids is 2. The van der Waals surface area contributed by atoms with Gasteiger partial charge in [-0.25, -0.2) is 0 Å². The number of rotatable bonds is 0. The third-order valence-electron chi connectivity index (χ3n) is 6.17. The normalized spacial score (nSPS) is 46.7. The SMILES string of the molecule is C/C1=C/[C@@H]2[C@H](CC[C@H](C)CC(=O)[C@@H]3O[C@]3(C)/C=C/C1=O)C2(C)C. The lowest BCUT2D eigenvalue weighted by Crippen LogP contribution is -2.18. The second kappa shape index (κ2) is 5.41. The highest BCUT2D eigenvalue weighted by atomic mass is 16.6. The van der Waals surface area contributed by atoms with E-state index in [0.717, 1.165) is 18.4 Å². The van der Waals surface area contributed by atoms with Crippen LogP contribution in [-0.2, 0) is 14.3 Å². The van der Waals surface area contributed by atoms with Gasteiger partial charge in [0.15, 0.2) is 11.6 Å². The molecule has 2 fully saturated rings. The van der Waals surface area contributed by atoms with Crippen LogP contribution in [0.5, 0.6) is 0 Å². The smallest absolute Gasteiger partial charge is 0.181 e.